The Morgan fingerprint density at radius 3 is 2.82 bits per heavy atom. The van der Waals surface area contributed by atoms with E-state index in [4.69, 9.17) is 15.6 Å². The Balaban J connectivity index is 2.66. The minimum atomic E-state index is -1.07. The van der Waals surface area contributed by atoms with Crippen molar-refractivity contribution in [3.8, 4) is 5.75 Å². The molecule has 0 aliphatic heterocycles. The summed E-state index contributed by atoms with van der Waals surface area (Å²) >= 11 is 0. The lowest BCUT2D eigenvalue weighted by Crippen LogP contribution is -2.42. The van der Waals surface area contributed by atoms with Crippen LogP contribution in [0.4, 0.5) is 0 Å². The van der Waals surface area contributed by atoms with Crippen LogP contribution in [0.3, 0.4) is 0 Å². The molecule has 0 aliphatic rings. The fraction of sp³-hybridized carbons (Fsp3) is 0.273. The minimum absolute atomic E-state index is 0.324. The number of aliphatic carboxylic acids is 1. The molecule has 0 heterocycles. The maximum atomic E-state index is 11.7. The van der Waals surface area contributed by atoms with Gasteiger partial charge in [0.25, 0.3) is 5.91 Å². The molecule has 1 unspecified atom stereocenters. The second-order valence-electron chi connectivity index (χ2n) is 3.41. The van der Waals surface area contributed by atoms with E-state index in [9.17, 15) is 9.59 Å². The highest BCUT2D eigenvalue weighted by Gasteiger charge is 2.13. The third-order valence-electron chi connectivity index (χ3n) is 2.04. The molecule has 0 bridgehead atoms. The molecule has 1 amide bonds. The number of carboxylic acid groups (broad SMARTS) is 1. The number of amides is 1. The number of nitrogens with one attached hydrogen (secondary N) is 1. The van der Waals surface area contributed by atoms with Gasteiger partial charge >= 0.3 is 5.97 Å². The van der Waals surface area contributed by atoms with Crippen molar-refractivity contribution in [1.29, 1.82) is 0 Å². The first-order chi connectivity index (χ1) is 8.02. The Morgan fingerprint density at radius 1 is 1.53 bits per heavy atom. The van der Waals surface area contributed by atoms with Crippen molar-refractivity contribution in [2.24, 2.45) is 5.73 Å². The van der Waals surface area contributed by atoms with Crippen LogP contribution in [-0.4, -0.2) is 30.3 Å². The van der Waals surface area contributed by atoms with Gasteiger partial charge in [-0.05, 0) is 18.2 Å². The summed E-state index contributed by atoms with van der Waals surface area (Å²) < 4.78 is 4.97. The van der Waals surface area contributed by atoms with Crippen molar-refractivity contribution in [3.63, 3.8) is 0 Å². The molecule has 0 saturated carbocycles. The molecule has 6 heteroatoms. The predicted octanol–water partition coefficient (Wildman–Crippen LogP) is 0.184. The van der Waals surface area contributed by atoms with E-state index in [1.807, 2.05) is 0 Å². The number of rotatable bonds is 5. The molecular weight excluding hydrogens is 224 g/mol. The van der Waals surface area contributed by atoms with Crippen LogP contribution in [0, 0.1) is 0 Å². The van der Waals surface area contributed by atoms with Crippen LogP contribution < -0.4 is 15.8 Å². The topological polar surface area (TPSA) is 102 Å². The number of methoxy groups -OCH3 is 1. The van der Waals surface area contributed by atoms with E-state index >= 15 is 0 Å². The molecule has 4 N–H and O–H groups in total. The Morgan fingerprint density at radius 2 is 2.24 bits per heavy atom. The second kappa shape index (κ2) is 5.86. The standard InChI is InChI=1S/C11H14N2O4/c1-17-8-4-2-3-7(5-8)11(16)13-9(12)6-10(14)15/h2-5,9H,6,12H2,1H3,(H,13,16)(H,14,15). The number of hydrogen-bond acceptors (Lipinski definition) is 4. The summed E-state index contributed by atoms with van der Waals surface area (Å²) in [6.07, 6.45) is -1.23. The van der Waals surface area contributed by atoms with Crippen LogP contribution in [0.2, 0.25) is 0 Å². The summed E-state index contributed by atoms with van der Waals surface area (Å²) in [5.41, 5.74) is 5.81. The zero-order valence-corrected chi connectivity index (χ0v) is 9.34. The number of hydrogen-bond donors (Lipinski definition) is 3. The number of carboxylic acids is 1. The average molecular weight is 238 g/mol. The van der Waals surface area contributed by atoms with E-state index < -0.39 is 18.0 Å². The molecule has 0 aromatic heterocycles. The lowest BCUT2D eigenvalue weighted by Gasteiger charge is -2.11. The Kier molecular flexibility index (Phi) is 4.47. The normalized spacial score (nSPS) is 11.6. The van der Waals surface area contributed by atoms with Crippen LogP contribution >= 0.6 is 0 Å². The highest BCUT2D eigenvalue weighted by atomic mass is 16.5. The van der Waals surface area contributed by atoms with E-state index in [-0.39, 0.29) is 6.42 Å². The lowest BCUT2D eigenvalue weighted by molar-refractivity contribution is -0.137. The second-order valence-corrected chi connectivity index (χ2v) is 3.41. The molecule has 1 atom stereocenters. The molecule has 92 valence electrons. The number of carbonyl (C=O) groups excluding carboxylic acids is 1. The van der Waals surface area contributed by atoms with Crippen LogP contribution in [-0.2, 0) is 4.79 Å². The SMILES string of the molecule is COc1cccc(C(=O)NC(N)CC(=O)O)c1. The molecule has 0 saturated heterocycles. The first-order valence-corrected chi connectivity index (χ1v) is 4.95. The van der Waals surface area contributed by atoms with Gasteiger partial charge in [0.05, 0.1) is 19.7 Å². The van der Waals surface area contributed by atoms with E-state index in [2.05, 4.69) is 5.32 Å². The summed E-state index contributed by atoms with van der Waals surface area (Å²) in [7, 11) is 1.49. The molecule has 0 spiro atoms. The van der Waals surface area contributed by atoms with Crippen LogP contribution in [0.15, 0.2) is 24.3 Å². The molecule has 0 fully saturated rings. The highest BCUT2D eigenvalue weighted by Crippen LogP contribution is 2.12. The maximum absolute atomic E-state index is 11.7. The van der Waals surface area contributed by atoms with Crippen LogP contribution in [0.25, 0.3) is 0 Å². The molecule has 1 aromatic rings. The summed E-state index contributed by atoms with van der Waals surface area (Å²) in [5.74, 6) is -0.953. The third kappa shape index (κ3) is 4.12. The summed E-state index contributed by atoms with van der Waals surface area (Å²) in [6, 6.07) is 6.50. The Bertz CT molecular complexity index is 420. The van der Waals surface area contributed by atoms with E-state index in [0.717, 1.165) is 0 Å². The van der Waals surface area contributed by atoms with Crippen molar-refractivity contribution in [1.82, 2.24) is 5.32 Å². The molecule has 6 nitrogen and oxygen atoms in total. The van der Waals surface area contributed by atoms with Gasteiger partial charge in [0.1, 0.15) is 5.75 Å². The predicted molar refractivity (Wildman–Crippen MR) is 60.7 cm³/mol. The zero-order chi connectivity index (χ0) is 12.8. The number of ether oxygens (including phenoxy) is 1. The van der Waals surface area contributed by atoms with Gasteiger partial charge in [0.15, 0.2) is 0 Å². The minimum Gasteiger partial charge on any atom is -0.497 e. The smallest absolute Gasteiger partial charge is 0.306 e. The Hall–Kier alpha value is -2.08. The van der Waals surface area contributed by atoms with Crippen molar-refractivity contribution in [3.05, 3.63) is 29.8 Å². The molecule has 0 aliphatic carbocycles. The summed E-state index contributed by atoms with van der Waals surface area (Å²) in [6.45, 7) is 0. The molecule has 1 aromatic carbocycles. The number of nitrogens with two attached hydrogens (primary N) is 1. The van der Waals surface area contributed by atoms with Gasteiger partial charge < -0.3 is 20.9 Å². The molecule has 17 heavy (non-hydrogen) atoms. The molecule has 1 rings (SSSR count). The fourth-order valence-corrected chi connectivity index (χ4v) is 1.26. The molecular formula is C11H14N2O4. The summed E-state index contributed by atoms with van der Waals surface area (Å²) in [4.78, 5) is 22.0. The Labute approximate surface area is 98.4 Å². The van der Waals surface area contributed by atoms with Gasteiger partial charge in [-0.2, -0.15) is 0 Å². The fourth-order valence-electron chi connectivity index (χ4n) is 1.26. The van der Waals surface area contributed by atoms with Gasteiger partial charge in [0.2, 0.25) is 0 Å². The average Bonchev–Trinajstić information content (AvgIpc) is 2.27. The van der Waals surface area contributed by atoms with Crippen molar-refractivity contribution in [2.75, 3.05) is 7.11 Å². The van der Waals surface area contributed by atoms with Crippen LogP contribution in [0.1, 0.15) is 16.8 Å². The van der Waals surface area contributed by atoms with E-state index in [1.165, 1.54) is 7.11 Å². The first kappa shape index (κ1) is 13.0. The largest absolute Gasteiger partial charge is 0.497 e. The van der Waals surface area contributed by atoms with Gasteiger partial charge in [-0.15, -0.1) is 0 Å². The third-order valence-corrected chi connectivity index (χ3v) is 2.04. The summed E-state index contributed by atoms with van der Waals surface area (Å²) in [5, 5.41) is 10.9. The lowest BCUT2D eigenvalue weighted by atomic mass is 10.2. The zero-order valence-electron chi connectivity index (χ0n) is 9.34. The maximum Gasteiger partial charge on any atom is 0.306 e. The van der Waals surface area contributed by atoms with Gasteiger partial charge in [-0.25, -0.2) is 0 Å². The van der Waals surface area contributed by atoms with E-state index in [0.29, 0.717) is 11.3 Å². The van der Waals surface area contributed by atoms with Gasteiger partial charge in [-0.1, -0.05) is 6.07 Å². The highest BCUT2D eigenvalue weighted by molar-refractivity contribution is 5.94. The molecule has 0 radical (unpaired) electrons. The number of benzene rings is 1. The van der Waals surface area contributed by atoms with Crippen LogP contribution in [0.5, 0.6) is 5.75 Å². The van der Waals surface area contributed by atoms with Crippen molar-refractivity contribution in [2.45, 2.75) is 12.6 Å². The van der Waals surface area contributed by atoms with Gasteiger partial charge in [0, 0.05) is 5.56 Å². The van der Waals surface area contributed by atoms with Gasteiger partial charge in [-0.3, -0.25) is 9.59 Å². The quantitative estimate of drug-likeness (QED) is 0.635. The first-order valence-electron chi connectivity index (χ1n) is 4.95. The van der Waals surface area contributed by atoms with E-state index in [1.54, 1.807) is 24.3 Å². The van der Waals surface area contributed by atoms with Crippen molar-refractivity contribution >= 4 is 11.9 Å². The monoisotopic (exact) mass is 238 g/mol. The van der Waals surface area contributed by atoms with Crippen molar-refractivity contribution < 1.29 is 19.4 Å². The number of carbonyl (C=O) groups is 2.